The molecule has 0 radical (unpaired) electrons. The van der Waals surface area contributed by atoms with Crippen LogP contribution in [-0.2, 0) is 0 Å². The second-order valence-corrected chi connectivity index (χ2v) is 5.27. The Morgan fingerprint density at radius 1 is 1.04 bits per heavy atom. The van der Waals surface area contributed by atoms with Crippen molar-refractivity contribution in [3.63, 3.8) is 0 Å². The van der Waals surface area contributed by atoms with E-state index in [4.69, 9.17) is 5.73 Å². The standard InChI is InChI=1S/C17H13N7O/c18-16-15(17(25)20-13-8-4-5-9-19-13)22-21-14-10-12(23-24(14)16)11-6-2-1-3-7-11/h1-10H,18H2,(H,19,20,25). The van der Waals surface area contributed by atoms with Crippen LogP contribution in [0, 0.1) is 0 Å². The maximum absolute atomic E-state index is 12.4. The number of hydrogen-bond acceptors (Lipinski definition) is 6. The predicted molar refractivity (Wildman–Crippen MR) is 92.8 cm³/mol. The van der Waals surface area contributed by atoms with Gasteiger partial charge in [0.1, 0.15) is 5.82 Å². The first kappa shape index (κ1) is 14.8. The molecular formula is C17H13N7O. The number of pyridine rings is 1. The van der Waals surface area contributed by atoms with Gasteiger partial charge in [-0.1, -0.05) is 36.4 Å². The van der Waals surface area contributed by atoms with Crippen molar-refractivity contribution in [3.8, 4) is 11.3 Å². The van der Waals surface area contributed by atoms with Gasteiger partial charge < -0.3 is 11.1 Å². The molecule has 25 heavy (non-hydrogen) atoms. The highest BCUT2D eigenvalue weighted by Gasteiger charge is 2.18. The highest BCUT2D eigenvalue weighted by molar-refractivity contribution is 6.05. The van der Waals surface area contributed by atoms with Crippen LogP contribution in [-0.4, -0.2) is 30.7 Å². The van der Waals surface area contributed by atoms with Crippen molar-refractivity contribution in [3.05, 3.63) is 66.5 Å². The summed E-state index contributed by atoms with van der Waals surface area (Å²) in [5.74, 6) is 0.0159. The monoisotopic (exact) mass is 331 g/mol. The van der Waals surface area contributed by atoms with Crippen LogP contribution < -0.4 is 11.1 Å². The Labute approximate surface area is 142 Å². The third kappa shape index (κ3) is 2.76. The normalized spacial score (nSPS) is 10.7. The lowest BCUT2D eigenvalue weighted by Gasteiger charge is -2.06. The molecule has 3 N–H and O–H groups in total. The van der Waals surface area contributed by atoms with Crippen LogP contribution in [0.5, 0.6) is 0 Å². The molecule has 0 fully saturated rings. The van der Waals surface area contributed by atoms with E-state index in [9.17, 15) is 4.79 Å². The summed E-state index contributed by atoms with van der Waals surface area (Å²) in [6, 6.07) is 16.6. The number of nitrogens with two attached hydrogens (primary N) is 1. The van der Waals surface area contributed by atoms with Crippen LogP contribution in [0.3, 0.4) is 0 Å². The molecule has 0 aliphatic carbocycles. The Morgan fingerprint density at radius 3 is 2.60 bits per heavy atom. The van der Waals surface area contributed by atoms with E-state index in [0.717, 1.165) is 5.56 Å². The molecule has 0 aliphatic rings. The van der Waals surface area contributed by atoms with E-state index < -0.39 is 5.91 Å². The Balaban J connectivity index is 1.71. The number of hydrogen-bond donors (Lipinski definition) is 2. The fraction of sp³-hybridized carbons (Fsp3) is 0. The second kappa shape index (κ2) is 6.00. The summed E-state index contributed by atoms with van der Waals surface area (Å²) < 4.78 is 1.41. The zero-order valence-electron chi connectivity index (χ0n) is 13.0. The number of benzene rings is 1. The van der Waals surface area contributed by atoms with E-state index in [0.29, 0.717) is 17.2 Å². The number of rotatable bonds is 3. The molecule has 3 heterocycles. The van der Waals surface area contributed by atoms with Crippen LogP contribution in [0.15, 0.2) is 60.8 Å². The van der Waals surface area contributed by atoms with Gasteiger partial charge in [0.05, 0.1) is 5.69 Å². The van der Waals surface area contributed by atoms with Crippen molar-refractivity contribution in [2.75, 3.05) is 11.1 Å². The van der Waals surface area contributed by atoms with Gasteiger partial charge >= 0.3 is 0 Å². The lowest BCUT2D eigenvalue weighted by Crippen LogP contribution is -2.19. The summed E-state index contributed by atoms with van der Waals surface area (Å²) >= 11 is 0. The van der Waals surface area contributed by atoms with E-state index >= 15 is 0 Å². The lowest BCUT2D eigenvalue weighted by molar-refractivity contribution is 0.102. The highest BCUT2D eigenvalue weighted by atomic mass is 16.2. The lowest BCUT2D eigenvalue weighted by atomic mass is 10.2. The minimum Gasteiger partial charge on any atom is -0.382 e. The number of nitrogens with zero attached hydrogens (tertiary/aromatic N) is 5. The summed E-state index contributed by atoms with van der Waals surface area (Å²) in [5, 5.41) is 15.0. The number of nitrogens with one attached hydrogen (secondary N) is 1. The highest BCUT2D eigenvalue weighted by Crippen LogP contribution is 2.20. The molecule has 8 nitrogen and oxygen atoms in total. The van der Waals surface area contributed by atoms with Crippen LogP contribution in [0.25, 0.3) is 16.9 Å². The smallest absolute Gasteiger partial charge is 0.281 e. The van der Waals surface area contributed by atoms with Crippen LogP contribution in [0.4, 0.5) is 11.6 Å². The number of fused-ring (bicyclic) bond motifs is 1. The molecule has 3 aromatic heterocycles. The first-order valence-corrected chi connectivity index (χ1v) is 7.52. The van der Waals surface area contributed by atoms with Gasteiger partial charge in [0.25, 0.3) is 5.91 Å². The molecule has 122 valence electrons. The molecule has 8 heteroatoms. The fourth-order valence-corrected chi connectivity index (χ4v) is 2.40. The zero-order valence-corrected chi connectivity index (χ0v) is 13.0. The third-order valence-electron chi connectivity index (χ3n) is 3.60. The van der Waals surface area contributed by atoms with E-state index in [-0.39, 0.29) is 11.5 Å². The van der Waals surface area contributed by atoms with Crippen molar-refractivity contribution < 1.29 is 4.79 Å². The van der Waals surface area contributed by atoms with Gasteiger partial charge in [0.15, 0.2) is 17.2 Å². The van der Waals surface area contributed by atoms with Crippen molar-refractivity contribution in [1.82, 2.24) is 24.8 Å². The summed E-state index contributed by atoms with van der Waals surface area (Å²) in [4.78, 5) is 16.4. The summed E-state index contributed by atoms with van der Waals surface area (Å²) in [6.07, 6.45) is 1.58. The van der Waals surface area contributed by atoms with Gasteiger partial charge in [-0.3, -0.25) is 4.79 Å². The van der Waals surface area contributed by atoms with Crippen molar-refractivity contribution in [1.29, 1.82) is 0 Å². The Morgan fingerprint density at radius 2 is 1.84 bits per heavy atom. The fourth-order valence-electron chi connectivity index (χ4n) is 2.40. The van der Waals surface area contributed by atoms with Crippen LogP contribution in [0.2, 0.25) is 0 Å². The number of carbonyl (C=O) groups excluding carboxylic acids is 1. The number of nitrogen functional groups attached to an aromatic ring is 1. The molecular weight excluding hydrogens is 318 g/mol. The number of aromatic nitrogens is 5. The maximum atomic E-state index is 12.4. The van der Waals surface area contributed by atoms with E-state index in [1.54, 1.807) is 30.5 Å². The molecule has 4 aromatic rings. The maximum Gasteiger partial charge on any atom is 0.281 e. The third-order valence-corrected chi connectivity index (χ3v) is 3.60. The average molecular weight is 331 g/mol. The molecule has 0 aliphatic heterocycles. The largest absolute Gasteiger partial charge is 0.382 e. The van der Waals surface area contributed by atoms with Crippen LogP contribution >= 0.6 is 0 Å². The minimum atomic E-state index is -0.498. The molecule has 0 saturated heterocycles. The molecule has 0 bridgehead atoms. The first-order valence-electron chi connectivity index (χ1n) is 7.52. The van der Waals surface area contributed by atoms with E-state index in [1.807, 2.05) is 30.3 Å². The Kier molecular flexibility index (Phi) is 3.55. The quantitative estimate of drug-likeness (QED) is 0.594. The molecule has 0 saturated carbocycles. The van der Waals surface area contributed by atoms with Crippen molar-refractivity contribution >= 4 is 23.2 Å². The molecule has 4 rings (SSSR count). The topological polar surface area (TPSA) is 111 Å². The van der Waals surface area contributed by atoms with Crippen LogP contribution in [0.1, 0.15) is 10.5 Å². The molecule has 0 spiro atoms. The number of amides is 1. The molecule has 1 aromatic carbocycles. The predicted octanol–water partition coefficient (Wildman–Crippen LogP) is 2.02. The Hall–Kier alpha value is -3.81. The first-order chi connectivity index (χ1) is 12.2. The van der Waals surface area contributed by atoms with Crippen molar-refractivity contribution in [2.45, 2.75) is 0 Å². The number of anilines is 2. The second-order valence-electron chi connectivity index (χ2n) is 5.27. The van der Waals surface area contributed by atoms with Gasteiger partial charge in [-0.05, 0) is 12.1 Å². The summed E-state index contributed by atoms with van der Waals surface area (Å²) in [5.41, 5.74) is 8.15. The van der Waals surface area contributed by atoms with Gasteiger partial charge in [0.2, 0.25) is 0 Å². The molecule has 0 unspecified atom stereocenters. The summed E-state index contributed by atoms with van der Waals surface area (Å²) in [6.45, 7) is 0. The minimum absolute atomic E-state index is 0.0131. The van der Waals surface area contributed by atoms with Gasteiger partial charge in [-0.25, -0.2) is 4.98 Å². The van der Waals surface area contributed by atoms with E-state index in [2.05, 4.69) is 25.6 Å². The SMILES string of the molecule is Nc1c(C(=O)Nc2ccccn2)nnc2cc(-c3ccccc3)nn12. The van der Waals surface area contributed by atoms with Gasteiger partial charge in [-0.2, -0.15) is 9.61 Å². The van der Waals surface area contributed by atoms with Gasteiger partial charge in [-0.15, -0.1) is 10.2 Å². The van der Waals surface area contributed by atoms with Gasteiger partial charge in [0, 0.05) is 17.8 Å². The number of carbonyl (C=O) groups is 1. The Bertz CT molecular complexity index is 1040. The zero-order chi connectivity index (χ0) is 17.2. The average Bonchev–Trinajstić information content (AvgIpc) is 3.09. The molecule has 1 amide bonds. The van der Waals surface area contributed by atoms with E-state index in [1.165, 1.54) is 4.52 Å². The molecule has 0 atom stereocenters. The van der Waals surface area contributed by atoms with Crippen molar-refractivity contribution in [2.24, 2.45) is 0 Å². The summed E-state index contributed by atoms with van der Waals surface area (Å²) in [7, 11) is 0.